The van der Waals surface area contributed by atoms with E-state index in [-0.39, 0.29) is 0 Å². The van der Waals surface area contributed by atoms with Gasteiger partial charge in [-0.2, -0.15) is 0 Å². The Bertz CT molecular complexity index is 594. The predicted molar refractivity (Wildman–Crippen MR) is 82.3 cm³/mol. The molecule has 1 aromatic heterocycles. The number of nitrogens with zero attached hydrogens (tertiary/aromatic N) is 1. The maximum absolute atomic E-state index is 6.02. The van der Waals surface area contributed by atoms with Gasteiger partial charge in [0.05, 0.1) is 5.69 Å². The second kappa shape index (κ2) is 6.53. The maximum Gasteiger partial charge on any atom is 0.130 e. The zero-order valence-corrected chi connectivity index (χ0v) is 12.7. The highest BCUT2D eigenvalue weighted by Gasteiger charge is 2.06. The van der Waals surface area contributed by atoms with Crippen LogP contribution in [0.5, 0.6) is 11.5 Å². The van der Waals surface area contributed by atoms with Gasteiger partial charge in [0.15, 0.2) is 0 Å². The second-order valence-corrected chi connectivity index (χ2v) is 5.07. The third-order valence-corrected chi connectivity index (χ3v) is 3.34. The van der Waals surface area contributed by atoms with Crippen molar-refractivity contribution in [3.05, 3.63) is 52.8 Å². The molecule has 2 rings (SSSR count). The minimum Gasteiger partial charge on any atom is -0.457 e. The molecule has 0 aliphatic heterocycles. The summed E-state index contributed by atoms with van der Waals surface area (Å²) in [7, 11) is 0. The molecule has 0 aliphatic carbocycles. The lowest BCUT2D eigenvalue weighted by molar-refractivity contribution is 0.475. The van der Waals surface area contributed by atoms with E-state index in [1.165, 1.54) is 16.7 Å². The molecule has 0 spiro atoms. The van der Waals surface area contributed by atoms with E-state index < -0.39 is 0 Å². The Morgan fingerprint density at radius 3 is 2.70 bits per heavy atom. The zero-order valence-electron chi connectivity index (χ0n) is 12.7. The lowest BCUT2D eigenvalue weighted by Gasteiger charge is -2.12. The van der Waals surface area contributed by atoms with Crippen molar-refractivity contribution in [2.24, 2.45) is 0 Å². The number of aryl methyl sites for hydroxylation is 2. The zero-order chi connectivity index (χ0) is 14.5. The number of pyridine rings is 1. The van der Waals surface area contributed by atoms with Gasteiger partial charge in [-0.25, -0.2) is 0 Å². The van der Waals surface area contributed by atoms with Gasteiger partial charge in [-0.15, -0.1) is 0 Å². The normalized spacial score (nSPS) is 10.6. The molecule has 1 N–H and O–H groups in total. The van der Waals surface area contributed by atoms with E-state index in [0.29, 0.717) is 0 Å². The van der Waals surface area contributed by atoms with Crippen LogP contribution in [0.15, 0.2) is 30.5 Å². The molecule has 1 heterocycles. The van der Waals surface area contributed by atoms with Gasteiger partial charge >= 0.3 is 0 Å². The van der Waals surface area contributed by atoms with E-state index in [1.54, 1.807) is 6.20 Å². The van der Waals surface area contributed by atoms with Crippen molar-refractivity contribution in [2.45, 2.75) is 34.2 Å². The third-order valence-electron chi connectivity index (χ3n) is 3.34. The Labute approximate surface area is 121 Å². The molecule has 0 saturated carbocycles. The van der Waals surface area contributed by atoms with E-state index in [0.717, 1.165) is 30.3 Å². The molecule has 0 aliphatic rings. The number of hydrogen-bond donors (Lipinski definition) is 1. The van der Waals surface area contributed by atoms with Gasteiger partial charge in [-0.3, -0.25) is 4.98 Å². The van der Waals surface area contributed by atoms with Crippen LogP contribution in [-0.4, -0.2) is 11.5 Å². The number of ether oxygens (including phenoxy) is 1. The largest absolute Gasteiger partial charge is 0.457 e. The van der Waals surface area contributed by atoms with Crippen LogP contribution >= 0.6 is 0 Å². The Morgan fingerprint density at radius 2 is 1.95 bits per heavy atom. The lowest BCUT2D eigenvalue weighted by atomic mass is 10.1. The van der Waals surface area contributed by atoms with E-state index in [1.807, 2.05) is 12.1 Å². The first-order chi connectivity index (χ1) is 9.60. The van der Waals surface area contributed by atoms with Gasteiger partial charge in [0, 0.05) is 18.8 Å². The molecule has 20 heavy (non-hydrogen) atoms. The molecule has 0 bridgehead atoms. The van der Waals surface area contributed by atoms with E-state index >= 15 is 0 Å². The standard InChI is InChI=1S/C17H22N2O/c1-5-18-11-15-10-16(6-7-19-15)20-17-9-12(2)8-13(3)14(17)4/h6-10,18H,5,11H2,1-4H3. The minimum atomic E-state index is 0.763. The Hall–Kier alpha value is -1.87. The quantitative estimate of drug-likeness (QED) is 0.894. The number of nitrogens with one attached hydrogen (secondary N) is 1. The molecule has 3 nitrogen and oxygen atoms in total. The van der Waals surface area contributed by atoms with Crippen molar-refractivity contribution in [1.82, 2.24) is 10.3 Å². The van der Waals surface area contributed by atoms with Crippen molar-refractivity contribution in [3.63, 3.8) is 0 Å². The first-order valence-corrected chi connectivity index (χ1v) is 7.01. The highest BCUT2D eigenvalue weighted by Crippen LogP contribution is 2.28. The number of rotatable bonds is 5. The minimum absolute atomic E-state index is 0.763. The molecule has 3 heteroatoms. The Balaban J connectivity index is 2.21. The smallest absolute Gasteiger partial charge is 0.130 e. The summed E-state index contributed by atoms with van der Waals surface area (Å²) in [5.41, 5.74) is 4.64. The van der Waals surface area contributed by atoms with Gasteiger partial charge < -0.3 is 10.1 Å². The van der Waals surface area contributed by atoms with E-state index in [9.17, 15) is 0 Å². The summed E-state index contributed by atoms with van der Waals surface area (Å²) in [6.07, 6.45) is 1.79. The van der Waals surface area contributed by atoms with Crippen LogP contribution < -0.4 is 10.1 Å². The van der Waals surface area contributed by atoms with Crippen molar-refractivity contribution >= 4 is 0 Å². The van der Waals surface area contributed by atoms with Crippen molar-refractivity contribution < 1.29 is 4.74 Å². The van der Waals surface area contributed by atoms with Gasteiger partial charge in [-0.1, -0.05) is 13.0 Å². The van der Waals surface area contributed by atoms with Gasteiger partial charge in [0.1, 0.15) is 11.5 Å². The lowest BCUT2D eigenvalue weighted by Crippen LogP contribution is -2.12. The van der Waals surface area contributed by atoms with Gasteiger partial charge in [-0.05, 0) is 56.1 Å². The summed E-state index contributed by atoms with van der Waals surface area (Å²) < 4.78 is 6.02. The topological polar surface area (TPSA) is 34.1 Å². The molecule has 2 aromatic rings. The van der Waals surface area contributed by atoms with Crippen molar-refractivity contribution in [1.29, 1.82) is 0 Å². The maximum atomic E-state index is 6.02. The molecule has 0 fully saturated rings. The van der Waals surface area contributed by atoms with E-state index in [4.69, 9.17) is 4.74 Å². The highest BCUT2D eigenvalue weighted by atomic mass is 16.5. The second-order valence-electron chi connectivity index (χ2n) is 5.07. The summed E-state index contributed by atoms with van der Waals surface area (Å²) in [6, 6.07) is 8.13. The third kappa shape index (κ3) is 3.58. The molecule has 0 atom stereocenters. The van der Waals surface area contributed by atoms with Crippen LogP contribution in [0.4, 0.5) is 0 Å². The summed E-state index contributed by atoms with van der Waals surface area (Å²) >= 11 is 0. The van der Waals surface area contributed by atoms with Gasteiger partial charge in [0.25, 0.3) is 0 Å². The average Bonchev–Trinajstić information content (AvgIpc) is 2.42. The summed E-state index contributed by atoms with van der Waals surface area (Å²) in [5.74, 6) is 1.75. The van der Waals surface area contributed by atoms with Crippen LogP contribution in [0.3, 0.4) is 0 Å². The fraction of sp³-hybridized carbons (Fsp3) is 0.353. The molecular formula is C17H22N2O. The predicted octanol–water partition coefficient (Wildman–Crippen LogP) is 3.91. The fourth-order valence-corrected chi connectivity index (χ4v) is 2.10. The monoisotopic (exact) mass is 270 g/mol. The summed E-state index contributed by atoms with van der Waals surface area (Å²) in [4.78, 5) is 4.33. The number of benzene rings is 1. The van der Waals surface area contributed by atoms with Crippen LogP contribution in [0.2, 0.25) is 0 Å². The van der Waals surface area contributed by atoms with Crippen LogP contribution in [0, 0.1) is 20.8 Å². The van der Waals surface area contributed by atoms with Crippen molar-refractivity contribution in [2.75, 3.05) is 6.54 Å². The fourth-order valence-electron chi connectivity index (χ4n) is 2.10. The van der Waals surface area contributed by atoms with E-state index in [2.05, 4.69) is 50.1 Å². The Kier molecular flexibility index (Phi) is 4.74. The first-order valence-electron chi connectivity index (χ1n) is 7.01. The molecule has 0 amide bonds. The van der Waals surface area contributed by atoms with Crippen LogP contribution in [-0.2, 0) is 6.54 Å². The molecule has 0 saturated heterocycles. The first kappa shape index (κ1) is 14.5. The number of hydrogen-bond acceptors (Lipinski definition) is 3. The molecule has 0 radical (unpaired) electrons. The molecule has 106 valence electrons. The summed E-state index contributed by atoms with van der Waals surface area (Å²) in [5, 5.41) is 3.27. The van der Waals surface area contributed by atoms with Gasteiger partial charge in [0.2, 0.25) is 0 Å². The van der Waals surface area contributed by atoms with Crippen molar-refractivity contribution in [3.8, 4) is 11.5 Å². The molecule has 0 unspecified atom stereocenters. The summed E-state index contributed by atoms with van der Waals surface area (Å²) in [6.45, 7) is 10.1. The highest BCUT2D eigenvalue weighted by molar-refractivity contribution is 5.44. The SMILES string of the molecule is CCNCc1cc(Oc2cc(C)cc(C)c2C)ccn1. The Morgan fingerprint density at radius 1 is 1.15 bits per heavy atom. The average molecular weight is 270 g/mol. The molecule has 1 aromatic carbocycles. The molecular weight excluding hydrogens is 248 g/mol. The number of aromatic nitrogens is 1. The van der Waals surface area contributed by atoms with Crippen LogP contribution in [0.1, 0.15) is 29.3 Å². The van der Waals surface area contributed by atoms with Crippen LogP contribution in [0.25, 0.3) is 0 Å².